The summed E-state index contributed by atoms with van der Waals surface area (Å²) in [6.45, 7) is 0.0379. The van der Waals surface area contributed by atoms with Gasteiger partial charge in [0.05, 0.1) is 28.7 Å². The molecule has 0 fully saturated rings. The largest absolute Gasteiger partial charge is 0.366 e. The number of primary sulfonamides is 1. The first-order chi connectivity index (χ1) is 15.2. The molecule has 0 aliphatic heterocycles. The van der Waals surface area contributed by atoms with Gasteiger partial charge in [-0.05, 0) is 24.3 Å². The van der Waals surface area contributed by atoms with E-state index >= 15 is 0 Å². The predicted octanol–water partition coefficient (Wildman–Crippen LogP) is 2.14. The molecule has 4 aromatic rings. The molecule has 2 heterocycles. The van der Waals surface area contributed by atoms with E-state index in [9.17, 15) is 17.6 Å². The molecule has 4 rings (SSSR count). The lowest BCUT2D eigenvalue weighted by molar-refractivity contribution is 0.254. The summed E-state index contributed by atoms with van der Waals surface area (Å²) in [4.78, 5) is 20.4. The fraction of sp³-hybridized carbons (Fsp3) is 0.150. The van der Waals surface area contributed by atoms with Gasteiger partial charge >= 0.3 is 6.03 Å². The van der Waals surface area contributed by atoms with Gasteiger partial charge in [-0.2, -0.15) is 0 Å². The second-order valence-electron chi connectivity index (χ2n) is 6.97. The van der Waals surface area contributed by atoms with Crippen LogP contribution in [0.3, 0.4) is 0 Å². The minimum atomic E-state index is -3.65. The Kier molecular flexibility index (Phi) is 5.63. The summed E-state index contributed by atoms with van der Waals surface area (Å²) < 4.78 is 38.3. The third kappa shape index (κ3) is 4.45. The number of hydrogen-bond acceptors (Lipinski definition) is 6. The number of anilines is 2. The van der Waals surface area contributed by atoms with Crippen molar-refractivity contribution in [3.63, 3.8) is 0 Å². The van der Waals surface area contributed by atoms with E-state index in [0.717, 1.165) is 5.56 Å². The van der Waals surface area contributed by atoms with Gasteiger partial charge in [-0.3, -0.25) is 4.40 Å². The van der Waals surface area contributed by atoms with Crippen molar-refractivity contribution in [2.75, 3.05) is 30.0 Å². The van der Waals surface area contributed by atoms with Crippen LogP contribution in [0.15, 0.2) is 48.7 Å². The van der Waals surface area contributed by atoms with Crippen LogP contribution in [0.5, 0.6) is 0 Å². The van der Waals surface area contributed by atoms with Crippen molar-refractivity contribution in [2.24, 2.45) is 5.14 Å². The van der Waals surface area contributed by atoms with Crippen molar-refractivity contribution < 1.29 is 17.6 Å². The zero-order valence-electron chi connectivity index (χ0n) is 17.0. The van der Waals surface area contributed by atoms with Gasteiger partial charge in [0.2, 0.25) is 10.0 Å². The lowest BCUT2D eigenvalue weighted by atomic mass is 10.1. The summed E-state index contributed by atoms with van der Waals surface area (Å²) in [5.41, 5.74) is 3.43. The second kappa shape index (κ2) is 8.40. The molecule has 0 aliphatic carbocycles. The molecule has 10 nitrogen and oxygen atoms in total. The number of halogens is 1. The molecule has 32 heavy (non-hydrogen) atoms. The molecule has 5 N–H and O–H groups in total. The number of benzene rings is 2. The Hall–Kier alpha value is -3.77. The van der Waals surface area contributed by atoms with E-state index in [2.05, 4.69) is 25.9 Å². The standard InChI is InChI=1S/C20H20FN7O3S/c1-23-20(29)26-14-5-2-12(3-6-14)17-11-25-19-18(24-8-9-32(22,30)31)27-15-7-4-13(21)10-16(15)28(17)19/h2-7,10-11H,8-9H2,1H3,(H,24,27)(H2,22,30,31)(H2,23,26,29). The lowest BCUT2D eigenvalue weighted by Crippen LogP contribution is -2.24. The maximum Gasteiger partial charge on any atom is 0.318 e. The molecule has 0 aliphatic rings. The molecule has 0 saturated carbocycles. The Morgan fingerprint density at radius 3 is 2.62 bits per heavy atom. The molecule has 2 amide bonds. The summed E-state index contributed by atoms with van der Waals surface area (Å²) in [6, 6.07) is 10.9. The number of carbonyl (C=O) groups is 1. The van der Waals surface area contributed by atoms with Gasteiger partial charge in [-0.25, -0.2) is 32.7 Å². The van der Waals surface area contributed by atoms with E-state index < -0.39 is 15.8 Å². The minimum Gasteiger partial charge on any atom is -0.366 e. The maximum absolute atomic E-state index is 14.0. The number of rotatable bonds is 6. The summed E-state index contributed by atoms with van der Waals surface area (Å²) >= 11 is 0. The fourth-order valence-electron chi connectivity index (χ4n) is 3.26. The highest BCUT2D eigenvalue weighted by Crippen LogP contribution is 2.29. The monoisotopic (exact) mass is 457 g/mol. The Bertz CT molecular complexity index is 1420. The number of hydrogen-bond donors (Lipinski definition) is 4. The molecule has 0 saturated heterocycles. The Morgan fingerprint density at radius 1 is 1.19 bits per heavy atom. The summed E-state index contributed by atoms with van der Waals surface area (Å²) in [7, 11) is -2.13. The minimum absolute atomic E-state index is 0.0379. The van der Waals surface area contributed by atoms with Crippen LogP contribution in [0.4, 0.5) is 20.7 Å². The van der Waals surface area contributed by atoms with Crippen LogP contribution in [0, 0.1) is 5.82 Å². The second-order valence-corrected chi connectivity index (χ2v) is 8.71. The van der Waals surface area contributed by atoms with Crippen molar-refractivity contribution >= 4 is 44.2 Å². The summed E-state index contributed by atoms with van der Waals surface area (Å²) in [5, 5.41) is 13.2. The average molecular weight is 457 g/mol. The number of urea groups is 1. The van der Waals surface area contributed by atoms with E-state index in [1.54, 1.807) is 34.9 Å². The molecule has 0 unspecified atom stereocenters. The highest BCUT2D eigenvalue weighted by molar-refractivity contribution is 7.89. The molecule has 0 atom stereocenters. The van der Waals surface area contributed by atoms with Gasteiger partial charge < -0.3 is 16.0 Å². The molecular formula is C20H20FN7O3S. The van der Waals surface area contributed by atoms with E-state index in [1.807, 2.05) is 0 Å². The number of nitrogens with two attached hydrogens (primary N) is 1. The van der Waals surface area contributed by atoms with E-state index in [-0.39, 0.29) is 18.3 Å². The highest BCUT2D eigenvalue weighted by Gasteiger charge is 2.16. The van der Waals surface area contributed by atoms with E-state index in [0.29, 0.717) is 33.9 Å². The molecule has 0 spiro atoms. The van der Waals surface area contributed by atoms with Crippen molar-refractivity contribution in [1.82, 2.24) is 19.7 Å². The summed E-state index contributed by atoms with van der Waals surface area (Å²) in [6.07, 6.45) is 1.62. The number of nitrogens with zero attached hydrogens (tertiary/aromatic N) is 3. The first-order valence-electron chi connectivity index (χ1n) is 9.55. The van der Waals surface area contributed by atoms with Crippen LogP contribution >= 0.6 is 0 Å². The Labute approximate surface area is 182 Å². The molecule has 166 valence electrons. The third-order valence-electron chi connectivity index (χ3n) is 4.73. The van der Waals surface area contributed by atoms with Gasteiger partial charge in [-0.15, -0.1) is 0 Å². The van der Waals surface area contributed by atoms with Crippen molar-refractivity contribution in [3.05, 3.63) is 54.5 Å². The van der Waals surface area contributed by atoms with E-state index in [1.165, 1.54) is 25.2 Å². The van der Waals surface area contributed by atoms with Crippen molar-refractivity contribution in [2.45, 2.75) is 0 Å². The Balaban J connectivity index is 1.81. The first kappa shape index (κ1) is 21.5. The zero-order valence-corrected chi connectivity index (χ0v) is 17.8. The molecule has 2 aromatic carbocycles. The topological polar surface area (TPSA) is 144 Å². The number of carbonyl (C=O) groups excluding carboxylic acids is 1. The van der Waals surface area contributed by atoms with Gasteiger partial charge in [0.1, 0.15) is 5.82 Å². The SMILES string of the molecule is CNC(=O)Nc1ccc(-c2cnc3c(NCCS(N)(=O)=O)nc4ccc(F)cc4n23)cc1. The van der Waals surface area contributed by atoms with Crippen LogP contribution in [0.1, 0.15) is 0 Å². The number of imidazole rings is 1. The average Bonchev–Trinajstić information content (AvgIpc) is 3.19. The van der Waals surface area contributed by atoms with Gasteiger partial charge in [0, 0.05) is 30.9 Å². The zero-order chi connectivity index (χ0) is 22.9. The fourth-order valence-corrected chi connectivity index (χ4v) is 3.64. The van der Waals surface area contributed by atoms with Crippen LogP contribution in [0.25, 0.3) is 27.9 Å². The lowest BCUT2D eigenvalue weighted by Gasteiger charge is -2.12. The quantitative estimate of drug-likeness (QED) is 0.349. The molecular weight excluding hydrogens is 437 g/mol. The van der Waals surface area contributed by atoms with Crippen molar-refractivity contribution in [1.29, 1.82) is 0 Å². The highest BCUT2D eigenvalue weighted by atomic mass is 32.2. The van der Waals surface area contributed by atoms with Crippen LogP contribution in [-0.4, -0.2) is 48.2 Å². The molecule has 0 bridgehead atoms. The molecule has 12 heteroatoms. The number of nitrogens with one attached hydrogen (secondary N) is 3. The number of amides is 2. The van der Waals surface area contributed by atoms with Gasteiger partial charge in [0.15, 0.2) is 11.5 Å². The Morgan fingerprint density at radius 2 is 1.94 bits per heavy atom. The third-order valence-corrected chi connectivity index (χ3v) is 5.50. The van der Waals surface area contributed by atoms with Crippen LogP contribution < -0.4 is 21.1 Å². The molecule has 2 aromatic heterocycles. The number of aromatic nitrogens is 3. The maximum atomic E-state index is 14.0. The number of sulfonamides is 1. The van der Waals surface area contributed by atoms with E-state index in [4.69, 9.17) is 5.14 Å². The van der Waals surface area contributed by atoms with Crippen LogP contribution in [-0.2, 0) is 10.0 Å². The van der Waals surface area contributed by atoms with Gasteiger partial charge in [0.25, 0.3) is 0 Å². The smallest absolute Gasteiger partial charge is 0.318 e. The van der Waals surface area contributed by atoms with Crippen molar-refractivity contribution in [3.8, 4) is 11.3 Å². The van der Waals surface area contributed by atoms with Crippen LogP contribution in [0.2, 0.25) is 0 Å². The molecule has 0 radical (unpaired) electrons. The predicted molar refractivity (Wildman–Crippen MR) is 120 cm³/mol. The first-order valence-corrected chi connectivity index (χ1v) is 11.3. The van der Waals surface area contributed by atoms with Gasteiger partial charge in [-0.1, -0.05) is 12.1 Å². The normalized spacial score (nSPS) is 11.6. The summed E-state index contributed by atoms with van der Waals surface area (Å²) in [5.74, 6) is -0.368. The number of fused-ring (bicyclic) bond motifs is 3.